The van der Waals surface area contributed by atoms with E-state index in [1.54, 1.807) is 0 Å². The summed E-state index contributed by atoms with van der Waals surface area (Å²) in [5.74, 6) is 0.753. The topological polar surface area (TPSA) is 73.6 Å². The standard InChI is InChI=1S/C18H22N2O3/c1-14-6-5-9-17(10-14)22-13-16(11-19)20-18(21)23-12-15-7-3-2-4-8-15/h2-10,16H,11-13,19H2,1H3,(H,20,21). The molecule has 0 aliphatic heterocycles. The lowest BCUT2D eigenvalue weighted by atomic mass is 10.2. The van der Waals surface area contributed by atoms with E-state index in [4.69, 9.17) is 15.2 Å². The summed E-state index contributed by atoms with van der Waals surface area (Å²) in [6, 6.07) is 16.9. The van der Waals surface area contributed by atoms with Gasteiger partial charge < -0.3 is 20.5 Å². The highest BCUT2D eigenvalue weighted by Gasteiger charge is 2.12. The van der Waals surface area contributed by atoms with Gasteiger partial charge in [-0.25, -0.2) is 4.79 Å². The molecular formula is C18H22N2O3. The van der Waals surface area contributed by atoms with E-state index < -0.39 is 6.09 Å². The van der Waals surface area contributed by atoms with Gasteiger partial charge in [0, 0.05) is 6.54 Å². The number of hydrogen-bond donors (Lipinski definition) is 2. The van der Waals surface area contributed by atoms with Crippen LogP contribution in [0.1, 0.15) is 11.1 Å². The van der Waals surface area contributed by atoms with E-state index in [1.807, 2.05) is 61.5 Å². The second kappa shape index (κ2) is 8.80. The maximum Gasteiger partial charge on any atom is 0.407 e. The van der Waals surface area contributed by atoms with Gasteiger partial charge in [0.1, 0.15) is 19.0 Å². The monoisotopic (exact) mass is 314 g/mol. The predicted molar refractivity (Wildman–Crippen MR) is 89.3 cm³/mol. The lowest BCUT2D eigenvalue weighted by Crippen LogP contribution is -2.44. The molecule has 23 heavy (non-hydrogen) atoms. The van der Waals surface area contributed by atoms with Crippen LogP contribution in [0.5, 0.6) is 5.75 Å². The molecule has 0 bridgehead atoms. The van der Waals surface area contributed by atoms with E-state index in [9.17, 15) is 4.79 Å². The second-order valence-electron chi connectivity index (χ2n) is 5.27. The number of ether oxygens (including phenoxy) is 2. The maximum atomic E-state index is 11.8. The van der Waals surface area contributed by atoms with Gasteiger partial charge in [0.15, 0.2) is 0 Å². The van der Waals surface area contributed by atoms with Crippen LogP contribution in [0.3, 0.4) is 0 Å². The largest absolute Gasteiger partial charge is 0.491 e. The molecule has 5 nitrogen and oxygen atoms in total. The number of carbonyl (C=O) groups is 1. The quantitative estimate of drug-likeness (QED) is 0.824. The number of nitrogens with one attached hydrogen (secondary N) is 1. The van der Waals surface area contributed by atoms with Crippen LogP contribution >= 0.6 is 0 Å². The van der Waals surface area contributed by atoms with Crippen molar-refractivity contribution in [3.8, 4) is 5.75 Å². The Bertz CT molecular complexity index is 617. The molecule has 0 aliphatic carbocycles. The summed E-state index contributed by atoms with van der Waals surface area (Å²) < 4.78 is 10.8. The number of nitrogens with two attached hydrogens (primary N) is 1. The fourth-order valence-electron chi connectivity index (χ4n) is 2.00. The van der Waals surface area contributed by atoms with Gasteiger partial charge in [0.05, 0.1) is 6.04 Å². The van der Waals surface area contributed by atoms with Crippen molar-refractivity contribution in [2.45, 2.75) is 19.6 Å². The zero-order valence-electron chi connectivity index (χ0n) is 13.2. The third kappa shape index (κ3) is 6.00. The Morgan fingerprint density at radius 1 is 1.17 bits per heavy atom. The number of aryl methyl sites for hydroxylation is 1. The number of carbonyl (C=O) groups excluding carboxylic acids is 1. The zero-order chi connectivity index (χ0) is 16.5. The first-order valence-electron chi connectivity index (χ1n) is 7.54. The van der Waals surface area contributed by atoms with Crippen molar-refractivity contribution in [1.82, 2.24) is 5.32 Å². The van der Waals surface area contributed by atoms with Crippen LogP contribution in [0, 0.1) is 6.92 Å². The predicted octanol–water partition coefficient (Wildman–Crippen LogP) is 2.63. The Morgan fingerprint density at radius 3 is 2.65 bits per heavy atom. The fourth-order valence-corrected chi connectivity index (χ4v) is 2.00. The Morgan fingerprint density at radius 2 is 1.96 bits per heavy atom. The third-order valence-electron chi connectivity index (χ3n) is 3.26. The normalized spacial score (nSPS) is 11.6. The molecule has 0 spiro atoms. The highest BCUT2D eigenvalue weighted by Crippen LogP contribution is 2.12. The van der Waals surface area contributed by atoms with Crippen molar-refractivity contribution in [3.63, 3.8) is 0 Å². The smallest absolute Gasteiger partial charge is 0.407 e. The zero-order valence-corrected chi connectivity index (χ0v) is 13.2. The number of amides is 1. The first-order chi connectivity index (χ1) is 11.2. The minimum atomic E-state index is -0.503. The van der Waals surface area contributed by atoms with Crippen LogP contribution in [0.15, 0.2) is 54.6 Å². The van der Waals surface area contributed by atoms with E-state index in [1.165, 1.54) is 0 Å². The van der Waals surface area contributed by atoms with Crippen LogP contribution < -0.4 is 15.8 Å². The molecule has 1 atom stereocenters. The number of alkyl carbamates (subject to hydrolysis) is 1. The van der Waals surface area contributed by atoms with Gasteiger partial charge in [-0.1, -0.05) is 42.5 Å². The highest BCUT2D eigenvalue weighted by molar-refractivity contribution is 5.67. The lowest BCUT2D eigenvalue weighted by molar-refractivity contribution is 0.131. The van der Waals surface area contributed by atoms with Crippen LogP contribution in [0.25, 0.3) is 0 Å². The van der Waals surface area contributed by atoms with E-state index in [0.29, 0.717) is 6.61 Å². The van der Waals surface area contributed by atoms with Gasteiger partial charge in [-0.2, -0.15) is 0 Å². The van der Waals surface area contributed by atoms with Crippen molar-refractivity contribution in [2.24, 2.45) is 5.73 Å². The van der Waals surface area contributed by atoms with E-state index in [2.05, 4.69) is 5.32 Å². The van der Waals surface area contributed by atoms with Gasteiger partial charge in [-0.15, -0.1) is 0 Å². The summed E-state index contributed by atoms with van der Waals surface area (Å²) in [6.07, 6.45) is -0.503. The molecule has 2 aromatic rings. The SMILES string of the molecule is Cc1cccc(OCC(CN)NC(=O)OCc2ccccc2)c1. The molecule has 0 saturated heterocycles. The van der Waals surface area contributed by atoms with Crippen molar-refractivity contribution in [3.05, 3.63) is 65.7 Å². The fraction of sp³-hybridized carbons (Fsp3) is 0.278. The van der Waals surface area contributed by atoms with Crippen LogP contribution in [-0.2, 0) is 11.3 Å². The van der Waals surface area contributed by atoms with Crippen molar-refractivity contribution < 1.29 is 14.3 Å². The molecule has 0 aromatic heterocycles. The molecule has 0 fully saturated rings. The number of hydrogen-bond acceptors (Lipinski definition) is 4. The molecule has 1 unspecified atom stereocenters. The average Bonchev–Trinajstić information content (AvgIpc) is 2.58. The van der Waals surface area contributed by atoms with Crippen LogP contribution in [0.2, 0.25) is 0 Å². The molecule has 0 heterocycles. The molecule has 0 radical (unpaired) electrons. The molecule has 1 amide bonds. The van der Waals surface area contributed by atoms with Gasteiger partial charge in [-0.3, -0.25) is 0 Å². The Balaban J connectivity index is 1.76. The van der Waals surface area contributed by atoms with Crippen LogP contribution in [0.4, 0.5) is 4.79 Å². The minimum Gasteiger partial charge on any atom is -0.491 e. The van der Waals surface area contributed by atoms with Crippen molar-refractivity contribution in [1.29, 1.82) is 0 Å². The molecule has 5 heteroatoms. The third-order valence-corrected chi connectivity index (χ3v) is 3.26. The summed E-state index contributed by atoms with van der Waals surface area (Å²) in [6.45, 7) is 2.78. The van der Waals surface area contributed by atoms with E-state index in [-0.39, 0.29) is 19.2 Å². The molecule has 122 valence electrons. The average molecular weight is 314 g/mol. The van der Waals surface area contributed by atoms with Gasteiger partial charge in [0.2, 0.25) is 0 Å². The maximum absolute atomic E-state index is 11.8. The Hall–Kier alpha value is -2.53. The Labute approximate surface area is 136 Å². The summed E-state index contributed by atoms with van der Waals surface area (Å²) in [5.41, 5.74) is 7.72. The summed E-state index contributed by atoms with van der Waals surface area (Å²) in [5, 5.41) is 2.71. The summed E-state index contributed by atoms with van der Waals surface area (Å²) in [4.78, 5) is 11.8. The lowest BCUT2D eigenvalue weighted by Gasteiger charge is -2.17. The molecule has 0 saturated carbocycles. The minimum absolute atomic E-state index is 0.225. The van der Waals surface area contributed by atoms with Gasteiger partial charge >= 0.3 is 6.09 Å². The van der Waals surface area contributed by atoms with Crippen molar-refractivity contribution >= 4 is 6.09 Å². The van der Waals surface area contributed by atoms with E-state index in [0.717, 1.165) is 16.9 Å². The molecule has 3 N–H and O–H groups in total. The number of benzene rings is 2. The van der Waals surface area contributed by atoms with Gasteiger partial charge in [-0.05, 0) is 30.2 Å². The Kier molecular flexibility index (Phi) is 6.44. The van der Waals surface area contributed by atoms with Crippen molar-refractivity contribution in [2.75, 3.05) is 13.2 Å². The first kappa shape index (κ1) is 16.8. The summed E-state index contributed by atoms with van der Waals surface area (Å²) >= 11 is 0. The first-order valence-corrected chi connectivity index (χ1v) is 7.54. The molecular weight excluding hydrogens is 292 g/mol. The summed E-state index contributed by atoms with van der Waals surface area (Å²) in [7, 11) is 0. The molecule has 2 aromatic carbocycles. The number of rotatable bonds is 7. The second-order valence-corrected chi connectivity index (χ2v) is 5.27. The van der Waals surface area contributed by atoms with Gasteiger partial charge in [0.25, 0.3) is 0 Å². The van der Waals surface area contributed by atoms with Crippen LogP contribution in [-0.4, -0.2) is 25.3 Å². The molecule has 0 aliphatic rings. The van der Waals surface area contributed by atoms with E-state index >= 15 is 0 Å². The highest BCUT2D eigenvalue weighted by atomic mass is 16.5. The molecule has 2 rings (SSSR count).